The van der Waals surface area contributed by atoms with Crippen LogP contribution in [0, 0.1) is 11.3 Å². The van der Waals surface area contributed by atoms with Gasteiger partial charge in [-0.05, 0) is 51.7 Å². The van der Waals surface area contributed by atoms with Gasteiger partial charge in [0.25, 0.3) is 5.91 Å². The van der Waals surface area contributed by atoms with Crippen molar-refractivity contribution in [1.29, 1.82) is 0 Å². The van der Waals surface area contributed by atoms with Gasteiger partial charge in [0.2, 0.25) is 12.3 Å². The van der Waals surface area contributed by atoms with Crippen molar-refractivity contribution in [2.24, 2.45) is 11.3 Å². The minimum absolute atomic E-state index is 0.0596. The van der Waals surface area contributed by atoms with Crippen molar-refractivity contribution in [2.45, 2.75) is 66.5 Å². The lowest BCUT2D eigenvalue weighted by atomic mass is 9.84. The third-order valence-corrected chi connectivity index (χ3v) is 5.07. The van der Waals surface area contributed by atoms with Gasteiger partial charge in [-0.2, -0.15) is 0 Å². The third kappa shape index (κ3) is 6.86. The van der Waals surface area contributed by atoms with Crippen LogP contribution in [0.1, 0.15) is 69.8 Å². The molecule has 0 saturated carbocycles. The monoisotopic (exact) mass is 419 g/mol. The Morgan fingerprint density at radius 2 is 1.93 bits per heavy atom. The van der Waals surface area contributed by atoms with Crippen LogP contribution < -0.4 is 11.1 Å². The number of amides is 3. The van der Waals surface area contributed by atoms with Crippen molar-refractivity contribution in [3.63, 3.8) is 0 Å². The highest BCUT2D eigenvalue weighted by atomic mass is 16.4. The van der Waals surface area contributed by atoms with Gasteiger partial charge in [-0.15, -0.1) is 0 Å². The van der Waals surface area contributed by atoms with E-state index in [9.17, 15) is 19.2 Å². The fourth-order valence-corrected chi connectivity index (χ4v) is 3.48. The van der Waals surface area contributed by atoms with Crippen molar-refractivity contribution < 1.29 is 24.3 Å². The SMILES string of the molecule is CC(C)CC(C)(C)C(=O)O.CC(CCC(=O)NC=O)N1Cc2c(N)cccc2C1=O. The van der Waals surface area contributed by atoms with Gasteiger partial charge in [0.05, 0.1) is 5.41 Å². The summed E-state index contributed by atoms with van der Waals surface area (Å²) in [5.41, 5.74) is 7.41. The molecule has 1 aromatic carbocycles. The molecule has 1 aliphatic rings. The molecule has 0 fully saturated rings. The zero-order chi connectivity index (χ0) is 23.1. The largest absolute Gasteiger partial charge is 0.481 e. The second-order valence-electron chi connectivity index (χ2n) is 8.67. The van der Waals surface area contributed by atoms with Gasteiger partial charge >= 0.3 is 5.97 Å². The van der Waals surface area contributed by atoms with Crippen LogP contribution in [-0.2, 0) is 20.9 Å². The quantitative estimate of drug-likeness (QED) is 0.439. The van der Waals surface area contributed by atoms with Gasteiger partial charge in [-0.25, -0.2) is 0 Å². The zero-order valence-electron chi connectivity index (χ0n) is 18.4. The summed E-state index contributed by atoms with van der Waals surface area (Å²) in [5.74, 6) is -0.654. The van der Waals surface area contributed by atoms with Crippen molar-refractivity contribution in [3.8, 4) is 0 Å². The first-order chi connectivity index (χ1) is 13.9. The zero-order valence-corrected chi connectivity index (χ0v) is 18.4. The lowest BCUT2D eigenvalue weighted by Gasteiger charge is -2.24. The van der Waals surface area contributed by atoms with Gasteiger partial charge in [0.15, 0.2) is 0 Å². The van der Waals surface area contributed by atoms with E-state index in [1.54, 1.807) is 36.9 Å². The average molecular weight is 420 g/mol. The molecule has 30 heavy (non-hydrogen) atoms. The van der Waals surface area contributed by atoms with Gasteiger partial charge < -0.3 is 15.7 Å². The number of carbonyl (C=O) groups excluding carboxylic acids is 3. The Morgan fingerprint density at radius 1 is 1.30 bits per heavy atom. The normalized spacial score (nSPS) is 13.9. The van der Waals surface area contributed by atoms with E-state index in [0.29, 0.717) is 36.5 Å². The minimum atomic E-state index is -0.707. The van der Waals surface area contributed by atoms with Crippen molar-refractivity contribution >= 4 is 29.9 Å². The van der Waals surface area contributed by atoms with Gasteiger partial charge in [0, 0.05) is 35.8 Å². The van der Waals surface area contributed by atoms with Gasteiger partial charge in [-0.3, -0.25) is 24.5 Å². The van der Waals surface area contributed by atoms with Crippen LogP contribution in [-0.4, -0.2) is 40.2 Å². The van der Waals surface area contributed by atoms with Crippen molar-refractivity contribution in [2.75, 3.05) is 5.73 Å². The maximum atomic E-state index is 12.3. The molecule has 0 spiro atoms. The number of anilines is 1. The standard InChI is InChI=1S/C14H17N3O3.C8H16O2/c1-9(5-6-13(19)16-8-18)17-7-11-10(14(17)20)3-2-4-12(11)15;1-6(2)5-8(3,4)7(9)10/h2-4,8-9H,5-7,15H2,1H3,(H,16,18,19);6H,5H2,1-4H3,(H,9,10). The first-order valence-electron chi connectivity index (χ1n) is 10.1. The molecule has 0 aromatic heterocycles. The Morgan fingerprint density at radius 3 is 2.40 bits per heavy atom. The topological polar surface area (TPSA) is 130 Å². The van der Waals surface area contributed by atoms with E-state index >= 15 is 0 Å². The number of aliphatic carboxylic acids is 1. The molecule has 3 amide bonds. The van der Waals surface area contributed by atoms with E-state index in [-0.39, 0.29) is 24.3 Å². The van der Waals surface area contributed by atoms with Crippen LogP contribution in [0.15, 0.2) is 18.2 Å². The number of imide groups is 1. The molecule has 0 aliphatic carbocycles. The molecular formula is C22H33N3O5. The summed E-state index contributed by atoms with van der Waals surface area (Å²) in [6.07, 6.45) is 1.81. The fourth-order valence-electron chi connectivity index (χ4n) is 3.48. The number of hydrogen-bond donors (Lipinski definition) is 3. The molecule has 8 heteroatoms. The number of benzene rings is 1. The molecule has 8 nitrogen and oxygen atoms in total. The van der Waals surface area contributed by atoms with Crippen molar-refractivity contribution in [1.82, 2.24) is 10.2 Å². The molecule has 2 rings (SSSR count). The number of nitrogen functional groups attached to an aromatic ring is 1. The second-order valence-corrected chi connectivity index (χ2v) is 8.67. The second kappa shape index (κ2) is 10.8. The number of carboxylic acid groups (broad SMARTS) is 1. The average Bonchev–Trinajstić information content (AvgIpc) is 2.98. The first-order valence-corrected chi connectivity index (χ1v) is 10.1. The highest BCUT2D eigenvalue weighted by Crippen LogP contribution is 2.29. The summed E-state index contributed by atoms with van der Waals surface area (Å²) in [6.45, 7) is 9.94. The number of rotatable bonds is 8. The van der Waals surface area contributed by atoms with Crippen molar-refractivity contribution in [3.05, 3.63) is 29.3 Å². The molecule has 1 aliphatic heterocycles. The molecular weight excluding hydrogens is 386 g/mol. The maximum absolute atomic E-state index is 12.3. The number of carboxylic acids is 1. The van der Waals surface area contributed by atoms with E-state index in [2.05, 4.69) is 5.32 Å². The molecule has 1 aromatic rings. The van der Waals surface area contributed by atoms with Crippen LogP contribution in [0.4, 0.5) is 5.69 Å². The number of hydrogen-bond acceptors (Lipinski definition) is 5. The van der Waals surface area contributed by atoms with E-state index in [1.165, 1.54) is 0 Å². The van der Waals surface area contributed by atoms with Gasteiger partial charge in [-0.1, -0.05) is 19.9 Å². The summed E-state index contributed by atoms with van der Waals surface area (Å²) in [4.78, 5) is 45.9. The molecule has 4 N–H and O–H groups in total. The number of fused-ring (bicyclic) bond motifs is 1. The highest BCUT2D eigenvalue weighted by molar-refractivity contribution is 6.00. The van der Waals surface area contributed by atoms with Crippen LogP contribution in [0.25, 0.3) is 0 Å². The smallest absolute Gasteiger partial charge is 0.309 e. The number of carbonyl (C=O) groups is 4. The fraction of sp³-hybridized carbons (Fsp3) is 0.545. The summed E-state index contributed by atoms with van der Waals surface area (Å²) < 4.78 is 0. The summed E-state index contributed by atoms with van der Waals surface area (Å²) in [6, 6.07) is 5.21. The van der Waals surface area contributed by atoms with Crippen LogP contribution >= 0.6 is 0 Å². The predicted octanol–water partition coefficient (Wildman–Crippen LogP) is 2.81. The summed E-state index contributed by atoms with van der Waals surface area (Å²) in [5, 5.41) is 10.8. The first kappa shape index (κ1) is 25.1. The number of nitrogens with zero attached hydrogens (tertiary/aromatic N) is 1. The highest BCUT2D eigenvalue weighted by Gasteiger charge is 2.31. The Bertz CT molecular complexity index is 789. The molecule has 1 unspecified atom stereocenters. The Labute approximate surface area is 177 Å². The van der Waals surface area contributed by atoms with E-state index in [4.69, 9.17) is 10.8 Å². The van der Waals surface area contributed by atoms with E-state index in [1.807, 2.05) is 20.8 Å². The lowest BCUT2D eigenvalue weighted by Crippen LogP contribution is -2.34. The number of nitrogens with two attached hydrogens (primary N) is 1. The molecule has 166 valence electrons. The number of nitrogens with one attached hydrogen (secondary N) is 1. The Balaban J connectivity index is 0.000000382. The Kier molecular flexibility index (Phi) is 9.01. The molecule has 1 atom stereocenters. The summed E-state index contributed by atoms with van der Waals surface area (Å²) in [7, 11) is 0. The third-order valence-electron chi connectivity index (χ3n) is 5.07. The van der Waals surface area contributed by atoms with Crippen LogP contribution in [0.3, 0.4) is 0 Å². The molecule has 1 heterocycles. The maximum Gasteiger partial charge on any atom is 0.309 e. The molecule has 0 radical (unpaired) electrons. The summed E-state index contributed by atoms with van der Waals surface area (Å²) >= 11 is 0. The molecule has 0 bridgehead atoms. The lowest BCUT2D eigenvalue weighted by molar-refractivity contribution is -0.147. The van der Waals surface area contributed by atoms with Crippen LogP contribution in [0.5, 0.6) is 0 Å². The Hall–Kier alpha value is -2.90. The minimum Gasteiger partial charge on any atom is -0.481 e. The predicted molar refractivity (Wildman–Crippen MR) is 115 cm³/mol. The van der Waals surface area contributed by atoms with E-state index < -0.39 is 11.4 Å². The van der Waals surface area contributed by atoms with Crippen LogP contribution in [0.2, 0.25) is 0 Å². The van der Waals surface area contributed by atoms with E-state index in [0.717, 1.165) is 12.0 Å². The van der Waals surface area contributed by atoms with Gasteiger partial charge in [0.1, 0.15) is 0 Å². The molecule has 0 saturated heterocycles.